The molecule has 1 aliphatic heterocycles. The molecule has 0 saturated carbocycles. The van der Waals surface area contributed by atoms with Crippen molar-refractivity contribution in [1.29, 1.82) is 0 Å². The molecule has 86 valence electrons. The number of amides is 3. The van der Waals surface area contributed by atoms with E-state index >= 15 is 0 Å². The van der Waals surface area contributed by atoms with Crippen LogP contribution in [0.3, 0.4) is 0 Å². The fourth-order valence-electron chi connectivity index (χ4n) is 1.15. The van der Waals surface area contributed by atoms with Crippen LogP contribution in [0.4, 0.5) is 18.0 Å². The Balaban J connectivity index is 2.75. The Morgan fingerprint density at radius 1 is 1.53 bits per heavy atom. The molecule has 0 bridgehead atoms. The number of ether oxygens (including phenoxy) is 1. The molecule has 8 heteroatoms. The largest absolute Gasteiger partial charge is 0.406 e. The first-order valence-electron chi connectivity index (χ1n) is 4.04. The van der Waals surface area contributed by atoms with E-state index in [4.69, 9.17) is 0 Å². The van der Waals surface area contributed by atoms with Crippen molar-refractivity contribution >= 4 is 11.9 Å². The van der Waals surface area contributed by atoms with Gasteiger partial charge in [0.2, 0.25) is 0 Å². The Labute approximate surface area is 83.2 Å². The minimum Gasteiger partial charge on any atom is -0.370 e. The van der Waals surface area contributed by atoms with Gasteiger partial charge in [0.15, 0.2) is 6.10 Å². The second-order valence-corrected chi connectivity index (χ2v) is 2.95. The van der Waals surface area contributed by atoms with E-state index in [0.29, 0.717) is 0 Å². The first kappa shape index (κ1) is 11.8. The van der Waals surface area contributed by atoms with Crippen molar-refractivity contribution in [2.24, 2.45) is 0 Å². The number of nitrogens with zero attached hydrogens (tertiary/aromatic N) is 1. The summed E-state index contributed by atoms with van der Waals surface area (Å²) in [7, 11) is 1.19. The molecule has 5 nitrogen and oxygen atoms in total. The van der Waals surface area contributed by atoms with Gasteiger partial charge >= 0.3 is 12.2 Å². The average Bonchev–Trinajstić information content (AvgIpc) is 2.11. The molecule has 1 heterocycles. The van der Waals surface area contributed by atoms with E-state index < -0.39 is 30.8 Å². The molecule has 1 N–H and O–H groups in total. The summed E-state index contributed by atoms with van der Waals surface area (Å²) in [5.41, 5.74) is 0. The summed E-state index contributed by atoms with van der Waals surface area (Å²) >= 11 is 0. The highest BCUT2D eigenvalue weighted by Gasteiger charge is 2.41. The third-order valence-corrected chi connectivity index (χ3v) is 1.85. The molecular weight excluding hydrogens is 217 g/mol. The second kappa shape index (κ2) is 4.05. The first-order valence-corrected chi connectivity index (χ1v) is 4.04. The SMILES string of the molecule is COC1CNC(=O)N(CC(F)(F)F)C1=O. The average molecular weight is 226 g/mol. The standard InChI is InChI=1S/C7H9F3N2O3/c1-15-4-2-11-6(14)12(5(4)13)3-7(8,9)10/h4H,2-3H2,1H3,(H,11,14). The fraction of sp³-hybridized carbons (Fsp3) is 0.714. The number of urea groups is 1. The quantitative estimate of drug-likeness (QED) is 0.727. The summed E-state index contributed by atoms with van der Waals surface area (Å²) in [6.45, 7) is -1.71. The highest BCUT2D eigenvalue weighted by Crippen LogP contribution is 2.18. The topological polar surface area (TPSA) is 58.6 Å². The zero-order chi connectivity index (χ0) is 11.6. The summed E-state index contributed by atoms with van der Waals surface area (Å²) in [6, 6.07) is -1.05. The van der Waals surface area contributed by atoms with E-state index in [2.05, 4.69) is 10.1 Å². The lowest BCUT2D eigenvalue weighted by Gasteiger charge is -2.30. The van der Waals surface area contributed by atoms with Crippen molar-refractivity contribution in [3.05, 3.63) is 0 Å². The lowest BCUT2D eigenvalue weighted by Crippen LogP contribution is -2.59. The highest BCUT2D eigenvalue weighted by atomic mass is 19.4. The van der Waals surface area contributed by atoms with Crippen molar-refractivity contribution in [1.82, 2.24) is 10.2 Å². The Morgan fingerprint density at radius 3 is 2.60 bits per heavy atom. The van der Waals surface area contributed by atoms with Crippen LogP contribution in [0.15, 0.2) is 0 Å². The Bertz CT molecular complexity index is 279. The van der Waals surface area contributed by atoms with Crippen molar-refractivity contribution in [3.63, 3.8) is 0 Å². The highest BCUT2D eigenvalue weighted by molar-refractivity contribution is 5.99. The molecule has 15 heavy (non-hydrogen) atoms. The number of alkyl halides is 3. The molecule has 0 spiro atoms. The predicted molar refractivity (Wildman–Crippen MR) is 42.0 cm³/mol. The summed E-state index contributed by atoms with van der Waals surface area (Å²) in [6.07, 6.45) is -5.66. The van der Waals surface area contributed by atoms with Gasteiger partial charge in [-0.3, -0.25) is 9.69 Å². The van der Waals surface area contributed by atoms with Crippen LogP contribution in [0.1, 0.15) is 0 Å². The number of carbonyl (C=O) groups excluding carboxylic acids is 2. The van der Waals surface area contributed by atoms with Gasteiger partial charge < -0.3 is 10.1 Å². The number of carbonyl (C=O) groups is 2. The maximum absolute atomic E-state index is 12.0. The molecule has 0 aromatic rings. The third-order valence-electron chi connectivity index (χ3n) is 1.85. The maximum atomic E-state index is 12.0. The summed E-state index contributed by atoms with van der Waals surface area (Å²) in [4.78, 5) is 22.4. The van der Waals surface area contributed by atoms with Crippen LogP contribution in [-0.2, 0) is 9.53 Å². The van der Waals surface area contributed by atoms with Crippen molar-refractivity contribution in [2.75, 3.05) is 20.2 Å². The number of hydrogen-bond acceptors (Lipinski definition) is 3. The van der Waals surface area contributed by atoms with E-state index in [1.165, 1.54) is 7.11 Å². The zero-order valence-corrected chi connectivity index (χ0v) is 7.80. The van der Waals surface area contributed by atoms with Crippen LogP contribution in [0.2, 0.25) is 0 Å². The second-order valence-electron chi connectivity index (χ2n) is 2.95. The summed E-state index contributed by atoms with van der Waals surface area (Å²) in [5, 5.41) is 2.13. The maximum Gasteiger partial charge on any atom is 0.406 e. The molecule has 1 saturated heterocycles. The van der Waals surface area contributed by atoms with Gasteiger partial charge in [0.25, 0.3) is 5.91 Å². The minimum atomic E-state index is -4.61. The van der Waals surface area contributed by atoms with E-state index in [1.54, 1.807) is 0 Å². The lowest BCUT2D eigenvalue weighted by atomic mass is 10.2. The van der Waals surface area contributed by atoms with Gasteiger partial charge in [-0.2, -0.15) is 13.2 Å². The molecule has 1 fully saturated rings. The molecule has 1 rings (SSSR count). The minimum absolute atomic E-state index is 0.0949. The number of nitrogens with one attached hydrogen (secondary N) is 1. The van der Waals surface area contributed by atoms with Crippen molar-refractivity contribution < 1.29 is 27.5 Å². The van der Waals surface area contributed by atoms with E-state index in [0.717, 1.165) is 0 Å². The Kier molecular flexibility index (Phi) is 3.18. The van der Waals surface area contributed by atoms with Crippen LogP contribution in [0.5, 0.6) is 0 Å². The van der Waals surface area contributed by atoms with Crippen LogP contribution in [0.25, 0.3) is 0 Å². The number of methoxy groups -OCH3 is 1. The van der Waals surface area contributed by atoms with Crippen molar-refractivity contribution in [3.8, 4) is 0 Å². The molecule has 3 amide bonds. The van der Waals surface area contributed by atoms with Crippen LogP contribution < -0.4 is 5.32 Å². The Hall–Kier alpha value is -1.31. The molecule has 1 atom stereocenters. The van der Waals surface area contributed by atoms with Gasteiger partial charge in [0, 0.05) is 7.11 Å². The van der Waals surface area contributed by atoms with Gasteiger partial charge in [0.1, 0.15) is 6.54 Å². The predicted octanol–water partition coefficient (Wildman–Crippen LogP) is 0.115. The molecule has 1 unspecified atom stereocenters. The molecular formula is C7H9F3N2O3. The van der Waals surface area contributed by atoms with Gasteiger partial charge in [-0.25, -0.2) is 4.79 Å². The van der Waals surface area contributed by atoms with E-state index in [9.17, 15) is 22.8 Å². The molecule has 0 aromatic carbocycles. The zero-order valence-electron chi connectivity index (χ0n) is 7.80. The number of halogens is 3. The molecule has 0 aromatic heterocycles. The lowest BCUT2D eigenvalue weighted by molar-refractivity contribution is -0.163. The first-order chi connectivity index (χ1) is 6.85. The number of rotatable bonds is 2. The van der Waals surface area contributed by atoms with E-state index in [-0.39, 0.29) is 11.4 Å². The van der Waals surface area contributed by atoms with E-state index in [1.807, 2.05) is 0 Å². The van der Waals surface area contributed by atoms with Crippen LogP contribution in [0, 0.1) is 0 Å². The summed E-state index contributed by atoms with van der Waals surface area (Å²) < 4.78 is 40.6. The van der Waals surface area contributed by atoms with Gasteiger partial charge in [-0.15, -0.1) is 0 Å². The fourth-order valence-corrected chi connectivity index (χ4v) is 1.15. The smallest absolute Gasteiger partial charge is 0.370 e. The van der Waals surface area contributed by atoms with Crippen molar-refractivity contribution in [2.45, 2.75) is 12.3 Å². The normalized spacial score (nSPS) is 22.9. The Morgan fingerprint density at radius 2 is 2.13 bits per heavy atom. The number of imide groups is 1. The van der Waals surface area contributed by atoms with Gasteiger partial charge in [-0.1, -0.05) is 0 Å². The van der Waals surface area contributed by atoms with Crippen LogP contribution >= 0.6 is 0 Å². The molecule has 0 aliphatic carbocycles. The number of hydrogen-bond donors (Lipinski definition) is 1. The monoisotopic (exact) mass is 226 g/mol. The van der Waals surface area contributed by atoms with Gasteiger partial charge in [-0.05, 0) is 0 Å². The summed E-state index contributed by atoms with van der Waals surface area (Å²) in [5.74, 6) is -0.974. The van der Waals surface area contributed by atoms with Crippen LogP contribution in [-0.4, -0.2) is 49.3 Å². The van der Waals surface area contributed by atoms with Gasteiger partial charge in [0.05, 0.1) is 6.54 Å². The molecule has 1 aliphatic rings. The third kappa shape index (κ3) is 2.82. The molecule has 0 radical (unpaired) electrons.